The first-order chi connectivity index (χ1) is 8.45. The molecule has 0 aliphatic carbocycles. The van der Waals surface area contributed by atoms with Crippen molar-refractivity contribution >= 4 is 0 Å². The van der Waals surface area contributed by atoms with Gasteiger partial charge in [-0.25, -0.2) is 0 Å². The van der Waals surface area contributed by atoms with E-state index in [2.05, 4.69) is 39.8 Å². The van der Waals surface area contributed by atoms with E-state index in [1.807, 2.05) is 18.2 Å². The van der Waals surface area contributed by atoms with Crippen molar-refractivity contribution in [3.05, 3.63) is 35.9 Å². The molecule has 0 radical (unpaired) electrons. The third-order valence-corrected chi connectivity index (χ3v) is 4.62. The summed E-state index contributed by atoms with van der Waals surface area (Å²) < 4.78 is 0. The fourth-order valence-electron chi connectivity index (χ4n) is 3.46. The minimum atomic E-state index is -0.654. The molecule has 1 aliphatic rings. The van der Waals surface area contributed by atoms with Gasteiger partial charge in [0.25, 0.3) is 0 Å². The molecule has 1 aromatic carbocycles. The third-order valence-electron chi connectivity index (χ3n) is 4.62. The Morgan fingerprint density at radius 2 is 1.83 bits per heavy atom. The Hall–Kier alpha value is -0.860. The smallest absolute Gasteiger partial charge is 0.103 e. The van der Waals surface area contributed by atoms with Crippen LogP contribution < -0.4 is 4.90 Å². The van der Waals surface area contributed by atoms with Crippen molar-refractivity contribution in [2.45, 2.75) is 51.8 Å². The van der Waals surface area contributed by atoms with Crippen LogP contribution in [-0.2, 0) is 5.60 Å². The van der Waals surface area contributed by atoms with E-state index in [-0.39, 0.29) is 0 Å². The molecule has 1 aliphatic heterocycles. The van der Waals surface area contributed by atoms with Crippen LogP contribution in [-0.4, -0.2) is 23.7 Å². The molecule has 2 nitrogen and oxygen atoms in total. The topological polar surface area (TPSA) is 24.7 Å². The molecule has 2 N–H and O–H groups in total. The number of hydrogen-bond acceptors (Lipinski definition) is 1. The first kappa shape index (κ1) is 13.6. The maximum absolute atomic E-state index is 11.1. The molecule has 1 saturated heterocycles. The highest BCUT2D eigenvalue weighted by atomic mass is 16.3. The highest BCUT2D eigenvalue weighted by molar-refractivity contribution is 5.23. The predicted molar refractivity (Wildman–Crippen MR) is 74.5 cm³/mol. The molecule has 100 valence electrons. The van der Waals surface area contributed by atoms with E-state index >= 15 is 0 Å². The van der Waals surface area contributed by atoms with Gasteiger partial charge in [-0.2, -0.15) is 0 Å². The number of piperidine rings is 1. The maximum Gasteiger partial charge on any atom is 0.103 e. The number of quaternary nitrogens is 1. The van der Waals surface area contributed by atoms with Crippen LogP contribution in [0.25, 0.3) is 0 Å². The minimum Gasteiger partial charge on any atom is -0.384 e. The molecule has 0 spiro atoms. The minimum absolute atomic E-state index is 0.300. The summed E-state index contributed by atoms with van der Waals surface area (Å²) in [6, 6.07) is 11.3. The summed E-state index contributed by atoms with van der Waals surface area (Å²) in [5, 5.41) is 11.1. The molecule has 0 amide bonds. The summed E-state index contributed by atoms with van der Waals surface area (Å²) in [4.78, 5) is 1.61. The van der Waals surface area contributed by atoms with E-state index in [0.717, 1.165) is 18.5 Å². The Morgan fingerprint density at radius 1 is 1.22 bits per heavy atom. The van der Waals surface area contributed by atoms with Crippen molar-refractivity contribution in [2.24, 2.45) is 5.92 Å². The van der Waals surface area contributed by atoms with Crippen LogP contribution in [0.15, 0.2) is 30.3 Å². The van der Waals surface area contributed by atoms with Crippen LogP contribution in [0.5, 0.6) is 0 Å². The average Bonchev–Trinajstić information content (AvgIpc) is 2.34. The zero-order valence-corrected chi connectivity index (χ0v) is 12.0. The molecule has 1 fully saturated rings. The fourth-order valence-corrected chi connectivity index (χ4v) is 3.46. The summed E-state index contributed by atoms with van der Waals surface area (Å²) in [5.74, 6) is 0.300. The Kier molecular flexibility index (Phi) is 3.79. The number of benzene rings is 1. The van der Waals surface area contributed by atoms with Crippen LogP contribution in [0.4, 0.5) is 0 Å². The van der Waals surface area contributed by atoms with E-state index < -0.39 is 5.60 Å². The SMILES string of the molecule is CC(C)[NH+]1C[C@H](C)[C@](O)(c2ccccc2)C[C@H]1C. The quantitative estimate of drug-likeness (QED) is 0.816. The second-order valence-corrected chi connectivity index (χ2v) is 6.23. The van der Waals surface area contributed by atoms with Gasteiger partial charge in [-0.05, 0) is 26.3 Å². The largest absolute Gasteiger partial charge is 0.384 e. The van der Waals surface area contributed by atoms with Gasteiger partial charge in [-0.3, -0.25) is 0 Å². The summed E-state index contributed by atoms with van der Waals surface area (Å²) in [6.45, 7) is 10.0. The third kappa shape index (κ3) is 2.32. The van der Waals surface area contributed by atoms with Crippen molar-refractivity contribution in [2.75, 3.05) is 6.54 Å². The predicted octanol–water partition coefficient (Wildman–Crippen LogP) is 1.60. The molecule has 1 heterocycles. The van der Waals surface area contributed by atoms with Gasteiger partial charge in [0, 0.05) is 12.3 Å². The number of hydrogen-bond donors (Lipinski definition) is 2. The molecule has 4 atom stereocenters. The molecular weight excluding hydrogens is 222 g/mol. The van der Waals surface area contributed by atoms with Gasteiger partial charge < -0.3 is 10.0 Å². The lowest BCUT2D eigenvalue weighted by Gasteiger charge is -2.46. The molecular formula is C16H26NO+. The zero-order chi connectivity index (χ0) is 13.3. The lowest BCUT2D eigenvalue weighted by atomic mass is 9.74. The zero-order valence-electron chi connectivity index (χ0n) is 12.0. The Bertz CT molecular complexity index is 389. The molecule has 0 bridgehead atoms. The van der Waals surface area contributed by atoms with Crippen molar-refractivity contribution in [1.82, 2.24) is 0 Å². The van der Waals surface area contributed by atoms with Gasteiger partial charge in [-0.1, -0.05) is 37.3 Å². The van der Waals surface area contributed by atoms with E-state index in [0.29, 0.717) is 18.0 Å². The van der Waals surface area contributed by atoms with E-state index in [9.17, 15) is 5.11 Å². The Morgan fingerprint density at radius 3 is 2.39 bits per heavy atom. The average molecular weight is 248 g/mol. The molecule has 2 rings (SSSR count). The normalized spacial score (nSPS) is 36.9. The monoisotopic (exact) mass is 248 g/mol. The Balaban J connectivity index is 2.26. The first-order valence-electron chi connectivity index (χ1n) is 7.08. The number of rotatable bonds is 2. The van der Waals surface area contributed by atoms with Crippen molar-refractivity contribution < 1.29 is 10.0 Å². The standard InChI is InChI=1S/C16H25NO/c1-12(2)17-11-13(3)16(18,10-14(17)4)15-8-6-5-7-9-15/h5-9,12-14,18H,10-11H2,1-4H3/p+1/t13-,14+,16-/m0/s1. The van der Waals surface area contributed by atoms with Crippen molar-refractivity contribution in [3.63, 3.8) is 0 Å². The van der Waals surface area contributed by atoms with Crippen molar-refractivity contribution in [1.29, 1.82) is 0 Å². The number of aliphatic hydroxyl groups is 1. The van der Waals surface area contributed by atoms with Crippen LogP contribution in [0.1, 0.15) is 39.7 Å². The molecule has 1 aromatic rings. The highest BCUT2D eigenvalue weighted by Gasteiger charge is 2.46. The van der Waals surface area contributed by atoms with Gasteiger partial charge in [0.2, 0.25) is 0 Å². The van der Waals surface area contributed by atoms with E-state index in [1.165, 1.54) is 0 Å². The summed E-state index contributed by atoms with van der Waals surface area (Å²) in [6.07, 6.45) is 0.853. The second kappa shape index (κ2) is 5.02. The molecule has 1 unspecified atom stereocenters. The molecule has 0 aromatic heterocycles. The first-order valence-corrected chi connectivity index (χ1v) is 7.08. The van der Waals surface area contributed by atoms with Gasteiger partial charge in [0.1, 0.15) is 5.60 Å². The van der Waals surface area contributed by atoms with Crippen LogP contribution in [0.2, 0.25) is 0 Å². The van der Waals surface area contributed by atoms with E-state index in [4.69, 9.17) is 0 Å². The second-order valence-electron chi connectivity index (χ2n) is 6.23. The number of likely N-dealkylation sites (tertiary alicyclic amines) is 1. The summed E-state index contributed by atoms with van der Waals surface area (Å²) in [5.41, 5.74) is 0.422. The van der Waals surface area contributed by atoms with Gasteiger partial charge in [-0.15, -0.1) is 0 Å². The van der Waals surface area contributed by atoms with Gasteiger partial charge in [0.15, 0.2) is 0 Å². The lowest BCUT2D eigenvalue weighted by molar-refractivity contribution is -0.955. The van der Waals surface area contributed by atoms with Crippen molar-refractivity contribution in [3.8, 4) is 0 Å². The Labute approximate surface area is 111 Å². The molecule has 2 heteroatoms. The van der Waals surface area contributed by atoms with Gasteiger partial charge >= 0.3 is 0 Å². The van der Waals surface area contributed by atoms with Crippen LogP contribution in [0, 0.1) is 5.92 Å². The fraction of sp³-hybridized carbons (Fsp3) is 0.625. The van der Waals surface area contributed by atoms with Crippen LogP contribution >= 0.6 is 0 Å². The summed E-state index contributed by atoms with van der Waals surface area (Å²) in [7, 11) is 0. The summed E-state index contributed by atoms with van der Waals surface area (Å²) >= 11 is 0. The van der Waals surface area contributed by atoms with Crippen LogP contribution in [0.3, 0.4) is 0 Å². The van der Waals surface area contributed by atoms with Gasteiger partial charge in [0.05, 0.1) is 18.6 Å². The molecule has 18 heavy (non-hydrogen) atoms. The van der Waals surface area contributed by atoms with E-state index in [1.54, 1.807) is 4.90 Å². The highest BCUT2D eigenvalue weighted by Crippen LogP contribution is 2.35. The maximum atomic E-state index is 11.1. The number of nitrogens with one attached hydrogen (secondary N) is 1. The lowest BCUT2D eigenvalue weighted by Crippen LogP contribution is -3.20. The molecule has 0 saturated carbocycles.